The Bertz CT molecular complexity index is 251. The first-order valence-electron chi connectivity index (χ1n) is 4.93. The summed E-state index contributed by atoms with van der Waals surface area (Å²) in [7, 11) is 3.41. The molecule has 1 aliphatic rings. The Kier molecular flexibility index (Phi) is 3.13. The van der Waals surface area contributed by atoms with Crippen LogP contribution in [0.2, 0.25) is 0 Å². The molecular formula is C10H18N2O2. The molecule has 0 unspecified atom stereocenters. The number of likely N-dealkylation sites (N-methyl/N-ethyl adjacent to an activating group) is 1. The van der Waals surface area contributed by atoms with Gasteiger partial charge in [-0.15, -0.1) is 0 Å². The van der Waals surface area contributed by atoms with E-state index in [4.69, 9.17) is 0 Å². The van der Waals surface area contributed by atoms with E-state index in [9.17, 15) is 9.59 Å². The van der Waals surface area contributed by atoms with E-state index in [0.29, 0.717) is 12.3 Å². The Morgan fingerprint density at radius 1 is 1.50 bits per heavy atom. The fourth-order valence-corrected chi connectivity index (χ4v) is 1.62. The summed E-state index contributed by atoms with van der Waals surface area (Å²) in [5.74, 6) is 0.442. The zero-order valence-corrected chi connectivity index (χ0v) is 9.28. The molecule has 4 heteroatoms. The van der Waals surface area contributed by atoms with Gasteiger partial charge in [-0.05, 0) is 12.8 Å². The van der Waals surface area contributed by atoms with E-state index in [2.05, 4.69) is 0 Å². The summed E-state index contributed by atoms with van der Waals surface area (Å²) in [5, 5.41) is 0. The van der Waals surface area contributed by atoms with Gasteiger partial charge < -0.3 is 9.80 Å². The zero-order valence-electron chi connectivity index (χ0n) is 9.28. The highest BCUT2D eigenvalue weighted by atomic mass is 16.2. The van der Waals surface area contributed by atoms with Crippen molar-refractivity contribution in [3.8, 4) is 0 Å². The van der Waals surface area contributed by atoms with Gasteiger partial charge in [0.25, 0.3) is 0 Å². The number of hydrogen-bond acceptors (Lipinski definition) is 2. The van der Waals surface area contributed by atoms with Crippen LogP contribution in [-0.4, -0.2) is 48.3 Å². The first-order valence-corrected chi connectivity index (χ1v) is 4.93. The van der Waals surface area contributed by atoms with Crippen molar-refractivity contribution < 1.29 is 9.59 Å². The average Bonchev–Trinajstić information content (AvgIpc) is 2.32. The lowest BCUT2D eigenvalue weighted by atomic mass is 10.1. The monoisotopic (exact) mass is 198 g/mol. The molecule has 0 bridgehead atoms. The molecule has 1 aliphatic heterocycles. The highest BCUT2D eigenvalue weighted by molar-refractivity contribution is 5.86. The van der Waals surface area contributed by atoms with Gasteiger partial charge in [0.2, 0.25) is 11.8 Å². The molecule has 0 aromatic rings. The number of carbonyl (C=O) groups is 2. The third-order valence-corrected chi connectivity index (χ3v) is 2.94. The van der Waals surface area contributed by atoms with Crippen molar-refractivity contribution in [1.29, 1.82) is 0 Å². The van der Waals surface area contributed by atoms with Crippen molar-refractivity contribution >= 4 is 11.8 Å². The summed E-state index contributed by atoms with van der Waals surface area (Å²) in [4.78, 5) is 26.1. The van der Waals surface area contributed by atoms with Gasteiger partial charge >= 0.3 is 0 Å². The van der Waals surface area contributed by atoms with Gasteiger partial charge in [-0.3, -0.25) is 9.59 Å². The van der Waals surface area contributed by atoms with Crippen LogP contribution < -0.4 is 0 Å². The van der Waals surface area contributed by atoms with E-state index < -0.39 is 0 Å². The molecule has 4 nitrogen and oxygen atoms in total. The Balaban J connectivity index is 2.60. The summed E-state index contributed by atoms with van der Waals surface area (Å²) in [6, 6.07) is 0.186. The van der Waals surface area contributed by atoms with Gasteiger partial charge in [-0.1, -0.05) is 6.92 Å². The number of amides is 2. The zero-order chi connectivity index (χ0) is 10.9. The van der Waals surface area contributed by atoms with Crippen molar-refractivity contribution in [3.05, 3.63) is 0 Å². The highest BCUT2D eigenvalue weighted by Crippen LogP contribution is 2.24. The van der Waals surface area contributed by atoms with Gasteiger partial charge in [0, 0.05) is 26.6 Å². The first kappa shape index (κ1) is 11.0. The quantitative estimate of drug-likeness (QED) is 0.641. The van der Waals surface area contributed by atoms with Crippen molar-refractivity contribution in [2.75, 3.05) is 20.6 Å². The van der Waals surface area contributed by atoms with Crippen molar-refractivity contribution in [2.24, 2.45) is 5.92 Å². The molecule has 1 heterocycles. The van der Waals surface area contributed by atoms with Gasteiger partial charge in [0.15, 0.2) is 0 Å². The fourth-order valence-electron chi connectivity index (χ4n) is 1.62. The predicted octanol–water partition coefficient (Wildman–Crippen LogP) is 0.331. The molecule has 0 N–H and O–H groups in total. The number of nitrogens with zero attached hydrogens (tertiary/aromatic N) is 2. The van der Waals surface area contributed by atoms with E-state index in [1.54, 1.807) is 19.0 Å². The van der Waals surface area contributed by atoms with Crippen LogP contribution >= 0.6 is 0 Å². The Labute approximate surface area is 84.9 Å². The van der Waals surface area contributed by atoms with Gasteiger partial charge in [0.1, 0.15) is 0 Å². The summed E-state index contributed by atoms with van der Waals surface area (Å²) < 4.78 is 0. The van der Waals surface area contributed by atoms with Crippen LogP contribution in [0.15, 0.2) is 0 Å². The Morgan fingerprint density at radius 2 is 2.07 bits per heavy atom. The average molecular weight is 198 g/mol. The summed E-state index contributed by atoms with van der Waals surface area (Å²) in [6.45, 7) is 4.26. The van der Waals surface area contributed by atoms with Crippen LogP contribution in [0, 0.1) is 5.92 Å². The standard InChI is InChI=1S/C10H18N2O2/c1-7-5-9(13)12(8(7)2)6-10(14)11(3)4/h7-8H,5-6H2,1-4H3/t7-,8+/m0/s1. The third kappa shape index (κ3) is 2.05. The maximum atomic E-state index is 11.5. The van der Waals surface area contributed by atoms with E-state index >= 15 is 0 Å². The fraction of sp³-hybridized carbons (Fsp3) is 0.800. The number of hydrogen-bond donors (Lipinski definition) is 0. The summed E-state index contributed by atoms with van der Waals surface area (Å²) in [6.07, 6.45) is 0.571. The van der Waals surface area contributed by atoms with E-state index in [0.717, 1.165) is 0 Å². The van der Waals surface area contributed by atoms with Crippen molar-refractivity contribution in [3.63, 3.8) is 0 Å². The second kappa shape index (κ2) is 3.98. The molecule has 1 rings (SSSR count). The molecule has 0 saturated carbocycles. The lowest BCUT2D eigenvalue weighted by molar-refractivity contribution is -0.137. The van der Waals surface area contributed by atoms with E-state index in [1.165, 1.54) is 4.90 Å². The minimum absolute atomic E-state index is 0.0145. The van der Waals surface area contributed by atoms with Crippen LogP contribution in [0.25, 0.3) is 0 Å². The molecule has 2 amide bonds. The molecule has 2 atom stereocenters. The second-order valence-corrected chi connectivity index (χ2v) is 4.23. The molecule has 0 radical (unpaired) electrons. The van der Waals surface area contributed by atoms with Gasteiger partial charge in [0.05, 0.1) is 6.54 Å². The molecular weight excluding hydrogens is 180 g/mol. The first-order chi connectivity index (χ1) is 6.43. The predicted molar refractivity (Wildman–Crippen MR) is 53.7 cm³/mol. The van der Waals surface area contributed by atoms with Crippen LogP contribution in [0.1, 0.15) is 20.3 Å². The van der Waals surface area contributed by atoms with Crippen molar-refractivity contribution in [1.82, 2.24) is 9.80 Å². The largest absolute Gasteiger partial charge is 0.347 e. The SMILES string of the molecule is C[C@@H]1[C@@H](C)CC(=O)N1CC(=O)N(C)C. The molecule has 80 valence electrons. The molecule has 1 fully saturated rings. The Hall–Kier alpha value is -1.06. The van der Waals surface area contributed by atoms with E-state index in [1.807, 2.05) is 13.8 Å². The summed E-state index contributed by atoms with van der Waals surface area (Å²) in [5.41, 5.74) is 0. The maximum absolute atomic E-state index is 11.5. The number of rotatable bonds is 2. The normalized spacial score (nSPS) is 26.9. The highest BCUT2D eigenvalue weighted by Gasteiger charge is 2.34. The van der Waals surface area contributed by atoms with Gasteiger partial charge in [-0.25, -0.2) is 0 Å². The number of carbonyl (C=O) groups excluding carboxylic acids is 2. The maximum Gasteiger partial charge on any atom is 0.241 e. The van der Waals surface area contributed by atoms with Crippen LogP contribution in [-0.2, 0) is 9.59 Å². The minimum atomic E-state index is -0.0145. The third-order valence-electron chi connectivity index (χ3n) is 2.94. The molecule has 0 spiro atoms. The molecule has 0 aliphatic carbocycles. The summed E-state index contributed by atoms with van der Waals surface area (Å²) >= 11 is 0. The molecule has 0 aromatic carbocycles. The smallest absolute Gasteiger partial charge is 0.241 e. The topological polar surface area (TPSA) is 40.6 Å². The van der Waals surface area contributed by atoms with Crippen molar-refractivity contribution in [2.45, 2.75) is 26.3 Å². The second-order valence-electron chi connectivity index (χ2n) is 4.23. The lowest BCUT2D eigenvalue weighted by Crippen LogP contribution is -2.41. The molecule has 14 heavy (non-hydrogen) atoms. The van der Waals surface area contributed by atoms with Crippen LogP contribution in [0.4, 0.5) is 0 Å². The Morgan fingerprint density at radius 3 is 2.43 bits per heavy atom. The number of likely N-dealkylation sites (tertiary alicyclic amines) is 1. The van der Waals surface area contributed by atoms with Gasteiger partial charge in [-0.2, -0.15) is 0 Å². The molecule has 0 aromatic heterocycles. The van der Waals surface area contributed by atoms with Crippen LogP contribution in [0.5, 0.6) is 0 Å². The molecule has 1 saturated heterocycles. The lowest BCUT2D eigenvalue weighted by Gasteiger charge is -2.24. The minimum Gasteiger partial charge on any atom is -0.347 e. The van der Waals surface area contributed by atoms with E-state index in [-0.39, 0.29) is 24.4 Å². The van der Waals surface area contributed by atoms with Crippen LogP contribution in [0.3, 0.4) is 0 Å².